The lowest BCUT2D eigenvalue weighted by atomic mass is 10.1. The number of benzene rings is 1. The molecule has 0 saturated heterocycles. The predicted octanol–water partition coefficient (Wildman–Crippen LogP) is 1.91. The van der Waals surface area contributed by atoms with Gasteiger partial charge in [-0.15, -0.1) is 0 Å². The third-order valence-corrected chi connectivity index (χ3v) is 3.30. The van der Waals surface area contributed by atoms with Crippen molar-refractivity contribution in [1.29, 1.82) is 0 Å². The molecule has 0 bridgehead atoms. The summed E-state index contributed by atoms with van der Waals surface area (Å²) in [5.41, 5.74) is 0.324. The van der Waals surface area contributed by atoms with Gasteiger partial charge in [0.2, 0.25) is 0 Å². The Labute approximate surface area is 110 Å². The summed E-state index contributed by atoms with van der Waals surface area (Å²) in [5, 5.41) is 12.4. The van der Waals surface area contributed by atoms with Crippen LogP contribution in [0.5, 0.6) is 11.5 Å². The molecule has 2 rings (SSSR count). The Morgan fingerprint density at radius 3 is 2.68 bits per heavy atom. The van der Waals surface area contributed by atoms with E-state index >= 15 is 0 Å². The van der Waals surface area contributed by atoms with E-state index in [-0.39, 0.29) is 23.6 Å². The maximum absolute atomic E-state index is 12.4. The molecule has 0 radical (unpaired) electrons. The monoisotopic (exact) mass is 273 g/mol. The molecule has 1 aliphatic rings. The fourth-order valence-electron chi connectivity index (χ4n) is 1.91. The second-order valence-corrected chi connectivity index (χ2v) is 4.62. The molecule has 106 valence electrons. The van der Waals surface area contributed by atoms with E-state index in [0.717, 1.165) is 12.8 Å². The van der Waals surface area contributed by atoms with Gasteiger partial charge in [0.15, 0.2) is 11.5 Å². The molecule has 0 heterocycles. The molecule has 0 unspecified atom stereocenters. The van der Waals surface area contributed by atoms with Crippen LogP contribution in [0.1, 0.15) is 18.4 Å². The van der Waals surface area contributed by atoms with Gasteiger partial charge in [0.25, 0.3) is 0 Å². The molecule has 2 N–H and O–H groups in total. The fourth-order valence-corrected chi connectivity index (χ4v) is 1.91. The first kappa shape index (κ1) is 14.0. The smallest absolute Gasteiger partial charge is 0.387 e. The summed E-state index contributed by atoms with van der Waals surface area (Å²) in [6.45, 7) is -2.51. The van der Waals surface area contributed by atoms with Crippen LogP contribution in [0.3, 0.4) is 0 Å². The predicted molar refractivity (Wildman–Crippen MR) is 65.5 cm³/mol. The largest absolute Gasteiger partial charge is 0.493 e. The zero-order chi connectivity index (χ0) is 13.9. The molecule has 6 heteroatoms. The Morgan fingerprint density at radius 2 is 2.16 bits per heavy atom. The Bertz CT molecular complexity index is 436. The summed E-state index contributed by atoms with van der Waals surface area (Å²) in [7, 11) is 1.40. The van der Waals surface area contributed by atoms with Crippen LogP contribution in [0, 0.1) is 0 Å². The third kappa shape index (κ3) is 3.33. The van der Waals surface area contributed by atoms with E-state index in [0.29, 0.717) is 12.1 Å². The van der Waals surface area contributed by atoms with Crippen molar-refractivity contribution >= 4 is 0 Å². The Hall–Kier alpha value is -1.40. The summed E-state index contributed by atoms with van der Waals surface area (Å²) in [6.07, 6.45) is 1.77. The molecule has 19 heavy (non-hydrogen) atoms. The van der Waals surface area contributed by atoms with Gasteiger partial charge in [-0.25, -0.2) is 0 Å². The molecule has 1 aliphatic carbocycles. The van der Waals surface area contributed by atoms with Gasteiger partial charge in [0, 0.05) is 17.6 Å². The summed E-state index contributed by atoms with van der Waals surface area (Å²) in [4.78, 5) is 0. The van der Waals surface area contributed by atoms with Gasteiger partial charge in [0.1, 0.15) is 0 Å². The minimum Gasteiger partial charge on any atom is -0.493 e. The lowest BCUT2D eigenvalue weighted by Gasteiger charge is -2.18. The average molecular weight is 273 g/mol. The maximum Gasteiger partial charge on any atom is 0.387 e. The van der Waals surface area contributed by atoms with E-state index in [9.17, 15) is 13.9 Å². The number of alkyl halides is 2. The van der Waals surface area contributed by atoms with Crippen LogP contribution in [-0.4, -0.2) is 31.0 Å². The first-order valence-electron chi connectivity index (χ1n) is 6.07. The van der Waals surface area contributed by atoms with E-state index in [1.807, 2.05) is 0 Å². The fraction of sp³-hybridized carbons (Fsp3) is 0.538. The highest BCUT2D eigenvalue weighted by atomic mass is 19.3. The highest BCUT2D eigenvalue weighted by Gasteiger charge is 2.41. The van der Waals surface area contributed by atoms with Gasteiger partial charge in [0.05, 0.1) is 13.7 Å². The van der Waals surface area contributed by atoms with Crippen molar-refractivity contribution in [3.8, 4) is 11.5 Å². The molecule has 0 spiro atoms. The van der Waals surface area contributed by atoms with Crippen LogP contribution in [-0.2, 0) is 6.54 Å². The molecule has 0 aliphatic heterocycles. The van der Waals surface area contributed by atoms with Gasteiger partial charge in [-0.3, -0.25) is 0 Å². The number of ether oxygens (including phenoxy) is 2. The number of hydrogen-bond donors (Lipinski definition) is 2. The molecule has 1 aromatic rings. The number of aliphatic hydroxyl groups excluding tert-OH is 1. The average Bonchev–Trinajstić information content (AvgIpc) is 3.17. The second-order valence-electron chi connectivity index (χ2n) is 4.62. The number of rotatable bonds is 7. The van der Waals surface area contributed by atoms with Crippen LogP contribution in [0.25, 0.3) is 0 Å². The molecular formula is C13H17F2NO3. The van der Waals surface area contributed by atoms with Crippen molar-refractivity contribution in [1.82, 2.24) is 5.32 Å². The van der Waals surface area contributed by atoms with Crippen LogP contribution in [0.4, 0.5) is 8.78 Å². The summed E-state index contributed by atoms with van der Waals surface area (Å²) in [5.74, 6) is 0.315. The molecule has 0 amide bonds. The van der Waals surface area contributed by atoms with Crippen molar-refractivity contribution in [3.05, 3.63) is 23.8 Å². The number of para-hydroxylation sites is 1. The van der Waals surface area contributed by atoms with E-state index in [1.54, 1.807) is 18.2 Å². The van der Waals surface area contributed by atoms with Crippen molar-refractivity contribution in [2.24, 2.45) is 0 Å². The molecule has 0 aromatic heterocycles. The van der Waals surface area contributed by atoms with E-state index in [2.05, 4.69) is 10.1 Å². The molecule has 1 saturated carbocycles. The van der Waals surface area contributed by atoms with Gasteiger partial charge < -0.3 is 19.9 Å². The number of methoxy groups -OCH3 is 1. The quantitative estimate of drug-likeness (QED) is 0.797. The zero-order valence-corrected chi connectivity index (χ0v) is 10.7. The molecule has 1 aromatic carbocycles. The number of nitrogens with one attached hydrogen (secondary N) is 1. The first-order chi connectivity index (χ1) is 9.10. The van der Waals surface area contributed by atoms with Crippen molar-refractivity contribution in [2.45, 2.75) is 31.5 Å². The van der Waals surface area contributed by atoms with Gasteiger partial charge >= 0.3 is 6.61 Å². The SMILES string of the molecule is COc1cccc(CNC2(CO)CC2)c1OC(F)F. The van der Waals surface area contributed by atoms with Crippen molar-refractivity contribution in [3.63, 3.8) is 0 Å². The van der Waals surface area contributed by atoms with Crippen LogP contribution < -0.4 is 14.8 Å². The highest BCUT2D eigenvalue weighted by Crippen LogP contribution is 2.37. The van der Waals surface area contributed by atoms with Crippen molar-refractivity contribution < 1.29 is 23.4 Å². The van der Waals surface area contributed by atoms with Gasteiger partial charge in [-0.2, -0.15) is 8.78 Å². The normalized spacial score (nSPS) is 16.5. The van der Waals surface area contributed by atoms with Crippen molar-refractivity contribution in [2.75, 3.05) is 13.7 Å². The summed E-state index contributed by atoms with van der Waals surface area (Å²) < 4.78 is 34.4. The zero-order valence-electron chi connectivity index (χ0n) is 10.7. The van der Waals surface area contributed by atoms with Crippen LogP contribution >= 0.6 is 0 Å². The lowest BCUT2D eigenvalue weighted by Crippen LogP contribution is -2.34. The maximum atomic E-state index is 12.4. The summed E-state index contributed by atoms with van der Waals surface area (Å²) in [6, 6.07) is 4.98. The topological polar surface area (TPSA) is 50.7 Å². The lowest BCUT2D eigenvalue weighted by molar-refractivity contribution is -0.0519. The molecular weight excluding hydrogens is 256 g/mol. The highest BCUT2D eigenvalue weighted by molar-refractivity contribution is 5.46. The number of aliphatic hydroxyl groups is 1. The number of halogens is 2. The van der Waals surface area contributed by atoms with E-state index in [1.165, 1.54) is 7.11 Å². The molecule has 1 fully saturated rings. The Kier molecular flexibility index (Phi) is 4.21. The third-order valence-electron chi connectivity index (χ3n) is 3.30. The summed E-state index contributed by atoms with van der Waals surface area (Å²) >= 11 is 0. The van der Waals surface area contributed by atoms with Crippen LogP contribution in [0.2, 0.25) is 0 Å². The Morgan fingerprint density at radius 1 is 1.42 bits per heavy atom. The minimum atomic E-state index is -2.90. The minimum absolute atomic E-state index is 0.0428. The van der Waals surface area contributed by atoms with Crippen LogP contribution in [0.15, 0.2) is 18.2 Å². The molecule has 0 atom stereocenters. The van der Waals surface area contributed by atoms with Gasteiger partial charge in [-0.1, -0.05) is 12.1 Å². The van der Waals surface area contributed by atoms with E-state index < -0.39 is 6.61 Å². The van der Waals surface area contributed by atoms with Gasteiger partial charge in [-0.05, 0) is 18.9 Å². The molecule has 4 nitrogen and oxygen atoms in total. The first-order valence-corrected chi connectivity index (χ1v) is 6.07. The van der Waals surface area contributed by atoms with E-state index in [4.69, 9.17) is 4.74 Å². The Balaban J connectivity index is 2.13. The number of hydrogen-bond acceptors (Lipinski definition) is 4. The second kappa shape index (κ2) is 5.71. The standard InChI is InChI=1S/C13H17F2NO3/c1-18-10-4-2-3-9(11(10)19-12(14)15)7-16-13(8-17)5-6-13/h2-4,12,16-17H,5-8H2,1H3.